The van der Waals surface area contributed by atoms with Crippen molar-refractivity contribution >= 4 is 61.2 Å². The summed E-state index contributed by atoms with van der Waals surface area (Å²) in [5.41, 5.74) is 13.9. The number of hydrogen-bond acceptors (Lipinski definition) is 6. The summed E-state index contributed by atoms with van der Waals surface area (Å²) in [6, 6.07) is 25.8. The highest BCUT2D eigenvalue weighted by Crippen LogP contribution is 2.34. The molecule has 2 aromatic heterocycles. The van der Waals surface area contributed by atoms with Crippen LogP contribution in [0.25, 0.3) is 32.1 Å². The molecule has 0 spiro atoms. The molecule has 42 heavy (non-hydrogen) atoms. The van der Waals surface area contributed by atoms with Gasteiger partial charge in [-0.1, -0.05) is 54.1 Å². The average Bonchev–Trinajstić information content (AvgIpc) is 3.53. The van der Waals surface area contributed by atoms with Crippen LogP contribution in [0.2, 0.25) is 5.02 Å². The number of hydroxylamine groups is 1. The first-order valence-corrected chi connectivity index (χ1v) is 14.4. The highest BCUT2D eigenvalue weighted by atomic mass is 35.5. The number of carbonyl (C=O) groups is 1. The van der Waals surface area contributed by atoms with Crippen molar-refractivity contribution in [2.24, 2.45) is 0 Å². The summed E-state index contributed by atoms with van der Waals surface area (Å²) >= 11 is 7.96. The number of aromatic nitrogens is 1. The molecule has 3 N–H and O–H groups in total. The second-order valence-corrected chi connectivity index (χ2v) is 11.3. The van der Waals surface area contributed by atoms with Gasteiger partial charge in [0.1, 0.15) is 0 Å². The van der Waals surface area contributed by atoms with Gasteiger partial charge in [0, 0.05) is 51.2 Å². The van der Waals surface area contributed by atoms with Gasteiger partial charge in [-0.25, -0.2) is 5.48 Å². The van der Waals surface area contributed by atoms with Crippen molar-refractivity contribution in [3.8, 4) is 11.1 Å². The Morgan fingerprint density at radius 2 is 1.81 bits per heavy atom. The number of carbonyl (C=O) groups excluding carboxylic acids is 1. The van der Waals surface area contributed by atoms with Gasteiger partial charge in [0.2, 0.25) is 5.91 Å². The summed E-state index contributed by atoms with van der Waals surface area (Å²) in [5, 5.41) is 16.2. The van der Waals surface area contributed by atoms with Gasteiger partial charge in [-0.05, 0) is 68.9 Å². The van der Waals surface area contributed by atoms with Crippen LogP contribution in [0.15, 0.2) is 96.5 Å². The number of amides is 1. The van der Waals surface area contributed by atoms with Gasteiger partial charge in [-0.15, -0.1) is 11.3 Å². The lowest BCUT2D eigenvalue weighted by atomic mass is 10.0. The fourth-order valence-electron chi connectivity index (χ4n) is 5.07. The minimum atomic E-state index is -0.454. The lowest BCUT2D eigenvalue weighted by molar-refractivity contribution is -0.384. The molecular weight excluding hydrogens is 572 g/mol. The van der Waals surface area contributed by atoms with Crippen LogP contribution in [0.4, 0.5) is 11.4 Å². The number of nitrogen functional groups attached to an aromatic ring is 1. The van der Waals surface area contributed by atoms with E-state index in [1.807, 2.05) is 72.9 Å². The van der Waals surface area contributed by atoms with Gasteiger partial charge < -0.3 is 10.3 Å². The Morgan fingerprint density at radius 3 is 2.62 bits per heavy atom. The number of non-ortho nitro benzene ring substituents is 1. The third kappa shape index (κ3) is 5.84. The highest BCUT2D eigenvalue weighted by molar-refractivity contribution is 7.17. The van der Waals surface area contributed by atoms with E-state index in [0.717, 1.165) is 43.2 Å². The van der Waals surface area contributed by atoms with Crippen molar-refractivity contribution in [3.05, 3.63) is 128 Å². The van der Waals surface area contributed by atoms with E-state index in [2.05, 4.69) is 15.4 Å². The van der Waals surface area contributed by atoms with Crippen molar-refractivity contribution in [1.82, 2.24) is 10.0 Å². The Kier molecular flexibility index (Phi) is 7.62. The lowest BCUT2D eigenvalue weighted by Gasteiger charge is -2.08. The zero-order chi connectivity index (χ0) is 29.2. The normalized spacial score (nSPS) is 11.3. The van der Waals surface area contributed by atoms with Crippen molar-refractivity contribution in [1.29, 1.82) is 0 Å². The van der Waals surface area contributed by atoms with E-state index >= 15 is 0 Å². The number of nitrogens with two attached hydrogens (primary N) is 1. The van der Waals surface area contributed by atoms with E-state index < -0.39 is 4.92 Å². The Morgan fingerprint density at radius 1 is 0.976 bits per heavy atom. The summed E-state index contributed by atoms with van der Waals surface area (Å²) in [4.78, 5) is 29.3. The maximum atomic E-state index is 12.9. The van der Waals surface area contributed by atoms with E-state index in [4.69, 9.17) is 22.2 Å². The fourth-order valence-corrected chi connectivity index (χ4v) is 6.18. The van der Waals surface area contributed by atoms with Crippen molar-refractivity contribution in [2.45, 2.75) is 19.6 Å². The molecule has 1 amide bonds. The van der Waals surface area contributed by atoms with Crippen LogP contribution in [-0.2, 0) is 29.2 Å². The van der Waals surface area contributed by atoms with Gasteiger partial charge in [-0.3, -0.25) is 19.7 Å². The highest BCUT2D eigenvalue weighted by Gasteiger charge is 2.17. The minimum absolute atomic E-state index is 0.0741. The molecule has 0 saturated carbocycles. The second kappa shape index (κ2) is 11.7. The molecule has 6 aromatic rings. The van der Waals surface area contributed by atoms with Crippen LogP contribution >= 0.6 is 22.9 Å². The lowest BCUT2D eigenvalue weighted by Crippen LogP contribution is -2.25. The van der Waals surface area contributed by atoms with E-state index in [-0.39, 0.29) is 24.6 Å². The molecule has 0 atom stereocenters. The van der Waals surface area contributed by atoms with Crippen LogP contribution in [-0.4, -0.2) is 15.4 Å². The number of nitro groups is 1. The van der Waals surface area contributed by atoms with E-state index in [9.17, 15) is 14.9 Å². The first-order chi connectivity index (χ1) is 20.3. The number of nitrogens with zero attached hydrogens (tertiary/aromatic N) is 2. The number of hydrogen-bond donors (Lipinski definition) is 2. The van der Waals surface area contributed by atoms with Crippen molar-refractivity contribution in [3.63, 3.8) is 0 Å². The molecule has 0 aliphatic rings. The molecule has 0 aliphatic carbocycles. The molecule has 0 aliphatic heterocycles. The smallest absolute Gasteiger partial charge is 0.272 e. The summed E-state index contributed by atoms with van der Waals surface area (Å²) in [5.74, 6) is -0.270. The van der Waals surface area contributed by atoms with Crippen molar-refractivity contribution in [2.75, 3.05) is 5.73 Å². The molecule has 0 unspecified atom stereocenters. The average molecular weight is 597 g/mol. The van der Waals surface area contributed by atoms with Gasteiger partial charge in [0.05, 0.1) is 18.0 Å². The molecule has 4 aromatic carbocycles. The molecule has 8 nitrogen and oxygen atoms in total. The van der Waals surface area contributed by atoms with Crippen LogP contribution in [0.1, 0.15) is 16.7 Å². The molecule has 0 radical (unpaired) electrons. The SMILES string of the molecule is Nc1cc(-c2ccc3c(CC(=O)NOCc4ccccc4)cn(Cc4csc5ccc(Cl)cc45)c3c2)cc([N+](=O)[O-])c1. The Hall–Kier alpha value is -4.70. The molecule has 0 bridgehead atoms. The Bertz CT molecular complexity index is 1950. The Balaban J connectivity index is 1.35. The summed E-state index contributed by atoms with van der Waals surface area (Å²) in [6.45, 7) is 0.807. The van der Waals surface area contributed by atoms with Gasteiger partial charge >= 0.3 is 0 Å². The molecule has 210 valence electrons. The van der Waals surface area contributed by atoms with Crippen LogP contribution in [0, 0.1) is 10.1 Å². The Labute approximate surface area is 250 Å². The minimum Gasteiger partial charge on any atom is -0.399 e. The number of nitro benzene ring substituents is 1. The summed E-state index contributed by atoms with van der Waals surface area (Å²) in [6.07, 6.45) is 2.08. The van der Waals surface area contributed by atoms with E-state index in [1.165, 1.54) is 12.1 Å². The largest absolute Gasteiger partial charge is 0.399 e. The predicted octanol–water partition coefficient (Wildman–Crippen LogP) is 7.51. The maximum absolute atomic E-state index is 12.9. The van der Waals surface area contributed by atoms with Crippen molar-refractivity contribution < 1.29 is 14.6 Å². The van der Waals surface area contributed by atoms with Crippen LogP contribution < -0.4 is 11.2 Å². The first kappa shape index (κ1) is 27.5. The van der Waals surface area contributed by atoms with Crippen LogP contribution in [0.5, 0.6) is 0 Å². The monoisotopic (exact) mass is 596 g/mol. The van der Waals surface area contributed by atoms with Gasteiger partial charge in [0.25, 0.3) is 5.69 Å². The first-order valence-electron chi connectivity index (χ1n) is 13.1. The maximum Gasteiger partial charge on any atom is 0.272 e. The molecule has 0 saturated heterocycles. The van der Waals surface area contributed by atoms with E-state index in [0.29, 0.717) is 22.8 Å². The van der Waals surface area contributed by atoms with Gasteiger partial charge in [0.15, 0.2) is 0 Å². The van der Waals surface area contributed by atoms with Gasteiger partial charge in [-0.2, -0.15) is 0 Å². The predicted molar refractivity (Wildman–Crippen MR) is 167 cm³/mol. The van der Waals surface area contributed by atoms with Crippen LogP contribution in [0.3, 0.4) is 0 Å². The molecular formula is C32H25ClN4O4S. The third-order valence-electron chi connectivity index (χ3n) is 7.02. The number of halogens is 1. The number of rotatable bonds is 9. The quantitative estimate of drug-likeness (QED) is 0.102. The fraction of sp³-hybridized carbons (Fsp3) is 0.0938. The number of fused-ring (bicyclic) bond motifs is 2. The zero-order valence-electron chi connectivity index (χ0n) is 22.2. The summed E-state index contributed by atoms with van der Waals surface area (Å²) < 4.78 is 3.23. The third-order valence-corrected chi connectivity index (χ3v) is 8.27. The standard InChI is InChI=1S/C32H25ClN4O4S/c33-25-7-9-31-29(14-25)24(19-42-31)17-36-16-23(13-32(38)35-41-18-20-4-2-1-3-5-20)28-8-6-21(12-30(28)36)22-10-26(34)15-27(11-22)37(39)40/h1-12,14-16,19H,13,17-18,34H2,(H,35,38). The molecule has 6 rings (SSSR count). The number of anilines is 1. The topological polar surface area (TPSA) is 112 Å². The van der Waals surface area contributed by atoms with E-state index in [1.54, 1.807) is 17.4 Å². The second-order valence-electron chi connectivity index (χ2n) is 9.96. The molecule has 2 heterocycles. The summed E-state index contributed by atoms with van der Waals surface area (Å²) in [7, 11) is 0. The molecule has 0 fully saturated rings. The zero-order valence-corrected chi connectivity index (χ0v) is 23.8. The number of nitrogens with one attached hydrogen (secondary N) is 1. The molecule has 10 heteroatoms. The number of thiophene rings is 1. The number of benzene rings is 4.